The number of carbonyl (C=O) groups is 3. The van der Waals surface area contributed by atoms with E-state index in [1.807, 2.05) is 44.2 Å². The summed E-state index contributed by atoms with van der Waals surface area (Å²) in [5.41, 5.74) is 6.05. The second-order valence-electron chi connectivity index (χ2n) is 10.9. The van der Waals surface area contributed by atoms with Crippen LogP contribution in [0.15, 0.2) is 91.0 Å². The maximum atomic E-state index is 14.2. The van der Waals surface area contributed by atoms with Crippen molar-refractivity contribution in [3.05, 3.63) is 129 Å². The van der Waals surface area contributed by atoms with Gasteiger partial charge in [-0.1, -0.05) is 66.2 Å². The van der Waals surface area contributed by atoms with Crippen molar-refractivity contribution in [1.29, 1.82) is 0 Å². The molecule has 39 heavy (non-hydrogen) atoms. The van der Waals surface area contributed by atoms with E-state index in [-0.39, 0.29) is 29.6 Å². The number of halogens is 1. The summed E-state index contributed by atoms with van der Waals surface area (Å²) in [4.78, 5) is 42.6. The number of rotatable bonds is 3. The Morgan fingerprint density at radius 2 is 1.44 bits per heavy atom. The first-order chi connectivity index (χ1) is 18.8. The Morgan fingerprint density at radius 3 is 2.05 bits per heavy atom. The third-order valence-corrected chi connectivity index (χ3v) is 9.08. The van der Waals surface area contributed by atoms with Gasteiger partial charge in [0.1, 0.15) is 0 Å². The van der Waals surface area contributed by atoms with Crippen molar-refractivity contribution in [2.24, 2.45) is 11.3 Å². The van der Waals surface area contributed by atoms with E-state index in [2.05, 4.69) is 29.6 Å². The van der Waals surface area contributed by atoms with Crippen LogP contribution in [0.5, 0.6) is 0 Å². The molecule has 0 radical (unpaired) electrons. The average Bonchev–Trinajstić information content (AvgIpc) is 3.16. The third kappa shape index (κ3) is 3.23. The Morgan fingerprint density at radius 1 is 0.846 bits per heavy atom. The van der Waals surface area contributed by atoms with Crippen molar-refractivity contribution in [2.75, 3.05) is 10.2 Å². The van der Waals surface area contributed by atoms with Gasteiger partial charge >= 0.3 is 0 Å². The van der Waals surface area contributed by atoms with E-state index < -0.39 is 11.3 Å². The van der Waals surface area contributed by atoms with Gasteiger partial charge in [0.05, 0.1) is 17.0 Å². The monoisotopic (exact) mass is 532 g/mol. The van der Waals surface area contributed by atoms with Gasteiger partial charge in [-0.2, -0.15) is 0 Å². The lowest BCUT2D eigenvalue weighted by Gasteiger charge is -2.51. The normalized spacial score (nSPS) is 24.3. The standard InChI is InChI=1S/C33H25ClN2O3/c1-18-11-14-20(34)17-26(18)35-30(37)19-12-15-21(16-13-19)36-31(38)29-27-22-7-3-5-9-24(22)28(33(29,2)32(36)39)25-10-6-4-8-23(25)27/h3-17,27-29H,1-2H3,(H,35,37)/t27?,28?,29-,33-/m0/s1. The topological polar surface area (TPSA) is 66.5 Å². The second-order valence-corrected chi connectivity index (χ2v) is 11.3. The number of nitrogens with zero attached hydrogens (tertiary/aromatic N) is 1. The summed E-state index contributed by atoms with van der Waals surface area (Å²) in [5.74, 6) is -1.55. The van der Waals surface area contributed by atoms with Gasteiger partial charge in [-0.3, -0.25) is 14.4 Å². The zero-order chi connectivity index (χ0) is 27.1. The average molecular weight is 533 g/mol. The van der Waals surface area contributed by atoms with Gasteiger partial charge < -0.3 is 5.32 Å². The van der Waals surface area contributed by atoms with Gasteiger partial charge in [0.25, 0.3) is 5.91 Å². The maximum absolute atomic E-state index is 14.2. The predicted molar refractivity (Wildman–Crippen MR) is 151 cm³/mol. The number of nitrogens with one attached hydrogen (secondary N) is 1. The highest BCUT2D eigenvalue weighted by Gasteiger charge is 2.68. The molecule has 1 N–H and O–H groups in total. The van der Waals surface area contributed by atoms with E-state index >= 15 is 0 Å². The fraction of sp³-hybridized carbons (Fsp3) is 0.182. The molecule has 1 heterocycles. The summed E-state index contributed by atoms with van der Waals surface area (Å²) in [7, 11) is 0. The molecule has 8 rings (SSSR count). The van der Waals surface area contributed by atoms with E-state index in [1.165, 1.54) is 4.90 Å². The first-order valence-corrected chi connectivity index (χ1v) is 13.4. The molecule has 5 nitrogen and oxygen atoms in total. The molecule has 192 valence electrons. The number of carbonyl (C=O) groups excluding carboxylic acids is 3. The number of anilines is 2. The predicted octanol–water partition coefficient (Wildman–Crippen LogP) is 6.69. The number of benzene rings is 4. The van der Waals surface area contributed by atoms with Gasteiger partial charge in [-0.05, 0) is 78.1 Å². The summed E-state index contributed by atoms with van der Waals surface area (Å²) in [6.07, 6.45) is 0. The van der Waals surface area contributed by atoms with Gasteiger partial charge in [-0.15, -0.1) is 0 Å². The van der Waals surface area contributed by atoms with Crippen molar-refractivity contribution in [3.8, 4) is 0 Å². The minimum Gasteiger partial charge on any atom is -0.322 e. The summed E-state index contributed by atoms with van der Waals surface area (Å²) in [6, 6.07) is 28.4. The summed E-state index contributed by atoms with van der Waals surface area (Å²) >= 11 is 6.09. The van der Waals surface area contributed by atoms with Crippen LogP contribution in [0.2, 0.25) is 5.02 Å². The van der Waals surface area contributed by atoms with Crippen LogP contribution in [0.1, 0.15) is 56.9 Å². The van der Waals surface area contributed by atoms with Gasteiger partial charge in [0.2, 0.25) is 11.8 Å². The molecule has 4 aromatic rings. The first-order valence-electron chi connectivity index (χ1n) is 13.0. The summed E-state index contributed by atoms with van der Waals surface area (Å²) in [6.45, 7) is 3.85. The molecular weight excluding hydrogens is 508 g/mol. The van der Waals surface area contributed by atoms with E-state index in [0.717, 1.165) is 27.8 Å². The molecule has 0 spiro atoms. The fourth-order valence-electron chi connectivity index (χ4n) is 7.05. The smallest absolute Gasteiger partial charge is 0.255 e. The van der Waals surface area contributed by atoms with Crippen LogP contribution in [0.4, 0.5) is 11.4 Å². The van der Waals surface area contributed by atoms with Crippen LogP contribution in [-0.4, -0.2) is 17.7 Å². The Bertz CT molecular complexity index is 1670. The Hall–Kier alpha value is -4.22. The van der Waals surface area contributed by atoms with E-state index in [0.29, 0.717) is 22.0 Å². The van der Waals surface area contributed by atoms with Crippen molar-refractivity contribution in [1.82, 2.24) is 0 Å². The van der Waals surface area contributed by atoms with Crippen molar-refractivity contribution < 1.29 is 14.4 Å². The van der Waals surface area contributed by atoms with Crippen molar-refractivity contribution in [2.45, 2.75) is 25.7 Å². The lowest BCUT2D eigenvalue weighted by Crippen LogP contribution is -2.49. The Balaban J connectivity index is 1.24. The molecule has 0 unspecified atom stereocenters. The third-order valence-electron chi connectivity index (χ3n) is 8.85. The molecule has 0 saturated carbocycles. The summed E-state index contributed by atoms with van der Waals surface area (Å²) in [5, 5.41) is 3.42. The van der Waals surface area contributed by atoms with E-state index in [4.69, 9.17) is 11.6 Å². The lowest BCUT2D eigenvalue weighted by atomic mass is 9.48. The molecule has 1 aliphatic heterocycles. The van der Waals surface area contributed by atoms with Gasteiger partial charge in [0.15, 0.2) is 0 Å². The van der Waals surface area contributed by atoms with Gasteiger partial charge in [0, 0.05) is 28.1 Å². The van der Waals surface area contributed by atoms with Crippen LogP contribution in [0.25, 0.3) is 0 Å². The molecule has 4 aromatic carbocycles. The van der Waals surface area contributed by atoms with Crippen molar-refractivity contribution in [3.63, 3.8) is 0 Å². The highest BCUT2D eigenvalue weighted by atomic mass is 35.5. The fourth-order valence-corrected chi connectivity index (χ4v) is 7.22. The SMILES string of the molecule is Cc1ccc(Cl)cc1NC(=O)c1ccc(N2C(=O)[C@@H]3C4c5ccccc5C(c5ccccc54)[C@]3(C)C2=O)cc1. The molecule has 1 saturated heterocycles. The molecule has 3 amide bonds. The van der Waals surface area contributed by atoms with Crippen LogP contribution < -0.4 is 10.2 Å². The van der Waals surface area contributed by atoms with Crippen LogP contribution in [-0.2, 0) is 9.59 Å². The first kappa shape index (κ1) is 23.9. The molecule has 6 heteroatoms. The minimum absolute atomic E-state index is 0.181. The van der Waals surface area contributed by atoms with Crippen LogP contribution in [0.3, 0.4) is 0 Å². The van der Waals surface area contributed by atoms with Crippen LogP contribution in [0, 0.1) is 18.3 Å². The second kappa shape index (κ2) is 8.39. The van der Waals surface area contributed by atoms with Crippen LogP contribution >= 0.6 is 11.6 Å². The zero-order valence-corrected chi connectivity index (χ0v) is 22.2. The number of aryl methyl sites for hydroxylation is 1. The Labute approximate surface area is 231 Å². The number of hydrogen-bond acceptors (Lipinski definition) is 3. The molecule has 2 atom stereocenters. The molecular formula is C33H25ClN2O3. The highest BCUT2D eigenvalue weighted by Crippen LogP contribution is 2.67. The van der Waals surface area contributed by atoms with E-state index in [9.17, 15) is 14.4 Å². The quantitative estimate of drug-likeness (QED) is 0.299. The molecule has 1 fully saturated rings. The molecule has 4 aliphatic rings. The maximum Gasteiger partial charge on any atom is 0.255 e. The molecule has 2 bridgehead atoms. The number of hydrogen-bond donors (Lipinski definition) is 1. The van der Waals surface area contributed by atoms with Crippen molar-refractivity contribution >= 4 is 40.7 Å². The largest absolute Gasteiger partial charge is 0.322 e. The Kier molecular flexibility index (Phi) is 5.13. The van der Waals surface area contributed by atoms with E-state index in [1.54, 1.807) is 36.4 Å². The highest BCUT2D eigenvalue weighted by molar-refractivity contribution is 6.31. The zero-order valence-electron chi connectivity index (χ0n) is 21.4. The molecule has 0 aromatic heterocycles. The number of imide groups is 1. The summed E-state index contributed by atoms with van der Waals surface area (Å²) < 4.78 is 0. The molecule has 3 aliphatic carbocycles. The number of amides is 3. The van der Waals surface area contributed by atoms with Gasteiger partial charge in [-0.25, -0.2) is 4.90 Å². The lowest BCUT2D eigenvalue weighted by molar-refractivity contribution is -0.128. The minimum atomic E-state index is -0.898.